The molecule has 11 nitrogen and oxygen atoms in total. The summed E-state index contributed by atoms with van der Waals surface area (Å²) >= 11 is 0. The largest absolute Gasteiger partial charge is 0.371 e. The van der Waals surface area contributed by atoms with Gasteiger partial charge in [0, 0.05) is 12.3 Å². The van der Waals surface area contributed by atoms with Crippen LogP contribution in [0.5, 0.6) is 0 Å². The Labute approximate surface area is 110 Å². The van der Waals surface area contributed by atoms with Gasteiger partial charge in [-0.3, -0.25) is 18.9 Å². The van der Waals surface area contributed by atoms with Crippen LogP contribution in [0.15, 0.2) is 28.0 Å². The average Bonchev–Trinajstić information content (AvgIpc) is 2.75. The fourth-order valence-corrected chi connectivity index (χ4v) is 2.01. The van der Waals surface area contributed by atoms with Crippen molar-refractivity contribution in [2.45, 2.75) is 6.23 Å². The maximum atomic E-state index is 11.5. The average molecular weight is 303 g/mol. The molecule has 0 bridgehead atoms. The number of hydrogen-bond donors (Lipinski definition) is 4. The summed E-state index contributed by atoms with van der Waals surface area (Å²) in [7, 11) is -4.42. The molecule has 4 N–H and O–H groups in total. The maximum Gasteiger partial charge on any atom is 0.334 e. The predicted octanol–water partition coefficient (Wildman–Crippen LogP) is -2.21. The molecule has 0 aliphatic heterocycles. The molecule has 0 radical (unpaired) electrons. The van der Waals surface area contributed by atoms with Crippen LogP contribution in [0.25, 0.3) is 5.82 Å². The van der Waals surface area contributed by atoms with Gasteiger partial charge in [-0.25, -0.2) is 9.48 Å². The molecule has 12 heteroatoms. The molecule has 2 aromatic rings. The van der Waals surface area contributed by atoms with Crippen LogP contribution in [-0.2, 0) is 4.57 Å². The van der Waals surface area contributed by atoms with E-state index in [4.69, 9.17) is 9.79 Å². The second-order valence-corrected chi connectivity index (χ2v) is 5.56. The summed E-state index contributed by atoms with van der Waals surface area (Å²) in [6.07, 6.45) is -0.156. The Hall–Kier alpha value is -2.07. The quantitative estimate of drug-likeness (QED) is 0.461. The minimum atomic E-state index is -4.42. The molecule has 0 aliphatic rings. The fourth-order valence-electron chi connectivity index (χ4n) is 1.42. The lowest BCUT2D eigenvalue weighted by molar-refractivity contribution is 0.105. The van der Waals surface area contributed by atoms with Crippen LogP contribution in [0.4, 0.5) is 0 Å². The summed E-state index contributed by atoms with van der Waals surface area (Å²) < 4.78 is 12.5. The van der Waals surface area contributed by atoms with Gasteiger partial charge in [-0.05, 0) is 0 Å². The Morgan fingerprint density at radius 2 is 2.10 bits per heavy atom. The lowest BCUT2D eigenvalue weighted by atomic mass is 10.6. The Morgan fingerprint density at radius 1 is 1.40 bits per heavy atom. The molecular weight excluding hydrogens is 293 g/mol. The minimum Gasteiger partial charge on any atom is -0.371 e. The molecule has 0 saturated heterocycles. The lowest BCUT2D eigenvalue weighted by Gasteiger charge is -2.10. The van der Waals surface area contributed by atoms with E-state index in [-0.39, 0.29) is 5.82 Å². The molecule has 0 spiro atoms. The van der Waals surface area contributed by atoms with Crippen molar-refractivity contribution in [1.82, 2.24) is 24.5 Å². The van der Waals surface area contributed by atoms with Crippen molar-refractivity contribution >= 4 is 7.60 Å². The van der Waals surface area contributed by atoms with Gasteiger partial charge < -0.3 is 14.9 Å². The van der Waals surface area contributed by atoms with E-state index in [2.05, 4.69) is 10.3 Å². The molecule has 0 aliphatic carbocycles. The van der Waals surface area contributed by atoms with Crippen molar-refractivity contribution in [3.05, 3.63) is 39.3 Å². The summed E-state index contributed by atoms with van der Waals surface area (Å²) in [5.41, 5.74) is -1.34. The van der Waals surface area contributed by atoms with Crippen molar-refractivity contribution in [2.75, 3.05) is 6.16 Å². The first-order valence-corrected chi connectivity index (χ1v) is 7.03. The summed E-state index contributed by atoms with van der Waals surface area (Å²) in [5, 5.41) is 16.6. The molecule has 108 valence electrons. The first-order chi connectivity index (χ1) is 9.26. The maximum absolute atomic E-state index is 11.5. The number of nitrogens with one attached hydrogen (secondary N) is 1. The van der Waals surface area contributed by atoms with E-state index in [1.165, 1.54) is 0 Å². The van der Waals surface area contributed by atoms with E-state index < -0.39 is 31.2 Å². The Kier molecular flexibility index (Phi) is 3.68. The molecule has 2 aromatic heterocycles. The Bertz CT molecular complexity index is 772. The van der Waals surface area contributed by atoms with Gasteiger partial charge in [-0.15, -0.1) is 5.10 Å². The van der Waals surface area contributed by atoms with E-state index in [0.29, 0.717) is 0 Å². The number of hydrogen-bond acceptors (Lipinski definition) is 6. The molecule has 0 saturated carbocycles. The highest BCUT2D eigenvalue weighted by Gasteiger charge is 2.22. The van der Waals surface area contributed by atoms with E-state index in [1.807, 2.05) is 4.98 Å². The van der Waals surface area contributed by atoms with Crippen LogP contribution in [0.1, 0.15) is 6.23 Å². The summed E-state index contributed by atoms with van der Waals surface area (Å²) in [6, 6.07) is 1.09. The molecule has 1 atom stereocenters. The second kappa shape index (κ2) is 5.13. The number of aromatic nitrogens is 5. The zero-order valence-corrected chi connectivity index (χ0v) is 10.7. The molecule has 1 unspecified atom stereocenters. The molecule has 0 aromatic carbocycles. The van der Waals surface area contributed by atoms with Gasteiger partial charge in [-0.2, -0.15) is 0 Å². The number of aromatic amines is 1. The van der Waals surface area contributed by atoms with Crippen LogP contribution in [-0.4, -0.2) is 45.6 Å². The van der Waals surface area contributed by atoms with Gasteiger partial charge >= 0.3 is 13.3 Å². The van der Waals surface area contributed by atoms with E-state index in [0.717, 1.165) is 27.7 Å². The molecule has 0 amide bonds. The van der Waals surface area contributed by atoms with Crippen LogP contribution in [0.2, 0.25) is 0 Å². The summed E-state index contributed by atoms with van der Waals surface area (Å²) in [4.78, 5) is 41.9. The standard InChI is InChI=1S/C8H10N5O6P/c14-6-1-2-12(8(16)9-6)5-3-13(11-10-5)7(15)4-20(17,18)19/h1-3,7,15H,4H2,(H,9,14,16)(H2,17,18,19). The summed E-state index contributed by atoms with van der Waals surface area (Å²) in [6.45, 7) is 0. The Balaban J connectivity index is 2.31. The number of H-pyrrole nitrogens is 1. The normalized spacial score (nSPS) is 13.3. The van der Waals surface area contributed by atoms with E-state index >= 15 is 0 Å². The topological polar surface area (TPSA) is 163 Å². The first-order valence-electron chi connectivity index (χ1n) is 5.23. The number of aliphatic hydroxyl groups is 1. The van der Waals surface area contributed by atoms with Gasteiger partial charge in [-0.1, -0.05) is 5.21 Å². The van der Waals surface area contributed by atoms with Crippen LogP contribution in [0.3, 0.4) is 0 Å². The first kappa shape index (κ1) is 14.3. The third-order valence-corrected chi connectivity index (χ3v) is 3.08. The smallest absolute Gasteiger partial charge is 0.334 e. The third-order valence-electron chi connectivity index (χ3n) is 2.28. The minimum absolute atomic E-state index is 0.0176. The number of nitrogens with zero attached hydrogens (tertiary/aromatic N) is 4. The number of aliphatic hydroxyl groups excluding tert-OH is 1. The molecule has 20 heavy (non-hydrogen) atoms. The van der Waals surface area contributed by atoms with Crippen molar-refractivity contribution in [3.63, 3.8) is 0 Å². The molecule has 2 heterocycles. The van der Waals surface area contributed by atoms with E-state index in [1.54, 1.807) is 0 Å². The SMILES string of the molecule is O=c1ccn(-c2cn(C(O)CP(=O)(O)O)nn2)c(=O)[nH]1. The van der Waals surface area contributed by atoms with Crippen LogP contribution >= 0.6 is 7.60 Å². The molecular formula is C8H10N5O6P. The van der Waals surface area contributed by atoms with Gasteiger partial charge in [0.1, 0.15) is 0 Å². The van der Waals surface area contributed by atoms with Crippen molar-refractivity contribution in [1.29, 1.82) is 0 Å². The monoisotopic (exact) mass is 303 g/mol. The third kappa shape index (κ3) is 3.27. The Morgan fingerprint density at radius 3 is 2.70 bits per heavy atom. The highest BCUT2D eigenvalue weighted by Crippen LogP contribution is 2.37. The van der Waals surface area contributed by atoms with Crippen molar-refractivity contribution in [2.24, 2.45) is 0 Å². The van der Waals surface area contributed by atoms with Gasteiger partial charge in [0.25, 0.3) is 5.56 Å². The second-order valence-electron chi connectivity index (χ2n) is 3.86. The zero-order chi connectivity index (χ0) is 14.9. The van der Waals surface area contributed by atoms with Gasteiger partial charge in [0.15, 0.2) is 12.0 Å². The summed E-state index contributed by atoms with van der Waals surface area (Å²) in [5.74, 6) is -0.0176. The molecule has 0 fully saturated rings. The lowest BCUT2D eigenvalue weighted by Crippen LogP contribution is -2.27. The van der Waals surface area contributed by atoms with Gasteiger partial charge in [0.05, 0.1) is 12.4 Å². The van der Waals surface area contributed by atoms with E-state index in [9.17, 15) is 19.3 Å². The highest BCUT2D eigenvalue weighted by molar-refractivity contribution is 7.51. The fraction of sp³-hybridized carbons (Fsp3) is 0.250. The number of rotatable bonds is 4. The van der Waals surface area contributed by atoms with Crippen LogP contribution in [0, 0.1) is 0 Å². The van der Waals surface area contributed by atoms with Crippen molar-refractivity contribution in [3.8, 4) is 5.82 Å². The van der Waals surface area contributed by atoms with Crippen molar-refractivity contribution < 1.29 is 19.5 Å². The highest BCUT2D eigenvalue weighted by atomic mass is 31.2. The van der Waals surface area contributed by atoms with Crippen LogP contribution < -0.4 is 11.2 Å². The predicted molar refractivity (Wildman–Crippen MR) is 64.4 cm³/mol. The van der Waals surface area contributed by atoms with Gasteiger partial charge in [0.2, 0.25) is 0 Å². The zero-order valence-electron chi connectivity index (χ0n) is 9.82. The molecule has 2 rings (SSSR count).